The second-order valence-corrected chi connectivity index (χ2v) is 7.49. The molecular formula is C26H20O7. The van der Waals surface area contributed by atoms with Crippen LogP contribution in [0.1, 0.15) is 22.5 Å². The summed E-state index contributed by atoms with van der Waals surface area (Å²) in [5, 5.41) is 0.310. The van der Waals surface area contributed by atoms with E-state index in [4.69, 9.17) is 23.4 Å². The molecule has 33 heavy (non-hydrogen) atoms. The van der Waals surface area contributed by atoms with Crippen molar-refractivity contribution in [3.63, 3.8) is 0 Å². The molecule has 1 aliphatic heterocycles. The molecule has 0 bridgehead atoms. The van der Waals surface area contributed by atoms with Crippen molar-refractivity contribution in [2.45, 2.75) is 13.3 Å². The summed E-state index contributed by atoms with van der Waals surface area (Å²) >= 11 is 0. The minimum atomic E-state index is -0.497. The predicted octanol–water partition coefficient (Wildman–Crippen LogP) is 5.27. The molecule has 166 valence electrons. The molecule has 7 nitrogen and oxygen atoms in total. The average Bonchev–Trinajstić information content (AvgIpc) is 3.07. The van der Waals surface area contributed by atoms with Crippen molar-refractivity contribution in [2.24, 2.45) is 0 Å². The van der Waals surface area contributed by atoms with Gasteiger partial charge in [0.2, 0.25) is 11.2 Å². The van der Waals surface area contributed by atoms with E-state index in [0.29, 0.717) is 52.8 Å². The van der Waals surface area contributed by atoms with Crippen LogP contribution in [0.15, 0.2) is 75.9 Å². The average molecular weight is 444 g/mol. The summed E-state index contributed by atoms with van der Waals surface area (Å²) in [6.07, 6.45) is 0.793. The number of ether oxygens (including phenoxy) is 4. The fourth-order valence-electron chi connectivity index (χ4n) is 3.52. The summed E-state index contributed by atoms with van der Waals surface area (Å²) < 4.78 is 28.4. The lowest BCUT2D eigenvalue weighted by atomic mass is 10.2. The van der Waals surface area contributed by atoms with Gasteiger partial charge in [0.15, 0.2) is 11.5 Å². The molecule has 3 aromatic carbocycles. The van der Waals surface area contributed by atoms with Gasteiger partial charge < -0.3 is 23.4 Å². The van der Waals surface area contributed by atoms with Crippen LogP contribution in [-0.4, -0.2) is 19.2 Å². The number of carbonyl (C=O) groups excluding carboxylic acids is 1. The first-order chi connectivity index (χ1) is 16.1. The summed E-state index contributed by atoms with van der Waals surface area (Å²) in [7, 11) is 0. The lowest BCUT2D eigenvalue weighted by Gasteiger charge is -2.12. The van der Waals surface area contributed by atoms with E-state index in [-0.39, 0.29) is 16.9 Å². The maximum absolute atomic E-state index is 13.1. The Hall–Kier alpha value is -4.26. The Morgan fingerprint density at radius 3 is 2.45 bits per heavy atom. The topological polar surface area (TPSA) is 84.2 Å². The zero-order chi connectivity index (χ0) is 22.8. The number of hydrogen-bond donors (Lipinski definition) is 0. The van der Waals surface area contributed by atoms with Crippen LogP contribution >= 0.6 is 0 Å². The third-order valence-electron chi connectivity index (χ3n) is 5.15. The largest absolute Gasteiger partial charge is 0.490 e. The molecule has 0 saturated carbocycles. The number of carbonyl (C=O) groups is 1. The molecule has 0 saturated heterocycles. The first-order valence-corrected chi connectivity index (χ1v) is 10.5. The molecule has 4 aromatic rings. The summed E-state index contributed by atoms with van der Waals surface area (Å²) in [5.41, 5.74) is 0.387. The number of esters is 1. The zero-order valence-electron chi connectivity index (χ0n) is 17.8. The molecule has 0 aliphatic carbocycles. The SMILES string of the molecule is Cc1oc2cc(OC(=O)c3ccccc3)ccc2c(=O)c1Oc1ccc2c(c1)OCCCO2. The molecule has 5 rings (SSSR count). The second-order valence-electron chi connectivity index (χ2n) is 7.49. The molecule has 0 unspecified atom stereocenters. The van der Waals surface area contributed by atoms with Crippen LogP contribution in [0.25, 0.3) is 11.0 Å². The molecule has 1 aromatic heterocycles. The van der Waals surface area contributed by atoms with Crippen LogP contribution in [0.2, 0.25) is 0 Å². The highest BCUT2D eigenvalue weighted by Crippen LogP contribution is 2.35. The summed E-state index contributed by atoms with van der Waals surface area (Å²) in [6, 6.07) is 18.4. The third-order valence-corrected chi connectivity index (χ3v) is 5.15. The van der Waals surface area contributed by atoms with Crippen LogP contribution in [0, 0.1) is 6.92 Å². The second kappa shape index (κ2) is 8.70. The molecule has 7 heteroatoms. The van der Waals surface area contributed by atoms with Gasteiger partial charge in [0.25, 0.3) is 0 Å². The van der Waals surface area contributed by atoms with Gasteiger partial charge in [-0.15, -0.1) is 0 Å². The molecule has 0 N–H and O–H groups in total. The van der Waals surface area contributed by atoms with Crippen LogP contribution in [0.3, 0.4) is 0 Å². The number of aryl methyl sites for hydroxylation is 1. The summed E-state index contributed by atoms with van der Waals surface area (Å²) in [5.74, 6) is 1.79. The van der Waals surface area contributed by atoms with E-state index >= 15 is 0 Å². The van der Waals surface area contributed by atoms with Crippen LogP contribution < -0.4 is 24.4 Å². The van der Waals surface area contributed by atoms with E-state index < -0.39 is 5.97 Å². The summed E-state index contributed by atoms with van der Waals surface area (Å²) in [6.45, 7) is 2.77. The Labute approximate surface area is 189 Å². The Balaban J connectivity index is 1.43. The fourth-order valence-corrected chi connectivity index (χ4v) is 3.52. The quantitative estimate of drug-likeness (QED) is 0.313. The molecule has 2 heterocycles. The molecule has 0 spiro atoms. The highest BCUT2D eigenvalue weighted by molar-refractivity contribution is 5.91. The normalized spacial score (nSPS) is 12.8. The van der Waals surface area contributed by atoms with Crippen molar-refractivity contribution < 1.29 is 28.2 Å². The number of hydrogen-bond acceptors (Lipinski definition) is 7. The molecular weight excluding hydrogens is 424 g/mol. The van der Waals surface area contributed by atoms with Crippen molar-refractivity contribution in [1.29, 1.82) is 0 Å². The Kier molecular flexibility index (Phi) is 5.44. The Morgan fingerprint density at radius 1 is 0.879 bits per heavy atom. The van der Waals surface area contributed by atoms with Crippen molar-refractivity contribution in [1.82, 2.24) is 0 Å². The van der Waals surface area contributed by atoms with E-state index in [0.717, 1.165) is 6.42 Å². The van der Waals surface area contributed by atoms with Gasteiger partial charge in [-0.1, -0.05) is 18.2 Å². The van der Waals surface area contributed by atoms with Crippen LogP contribution in [-0.2, 0) is 0 Å². The van der Waals surface area contributed by atoms with E-state index in [9.17, 15) is 9.59 Å². The molecule has 0 radical (unpaired) electrons. The lowest BCUT2D eigenvalue weighted by molar-refractivity contribution is 0.0735. The minimum Gasteiger partial charge on any atom is -0.490 e. The molecule has 0 atom stereocenters. The maximum Gasteiger partial charge on any atom is 0.343 e. The highest BCUT2D eigenvalue weighted by Gasteiger charge is 2.17. The predicted molar refractivity (Wildman–Crippen MR) is 121 cm³/mol. The van der Waals surface area contributed by atoms with Gasteiger partial charge in [0.05, 0.1) is 24.2 Å². The van der Waals surface area contributed by atoms with Gasteiger partial charge in [0, 0.05) is 18.6 Å². The van der Waals surface area contributed by atoms with Crippen molar-refractivity contribution in [3.8, 4) is 28.7 Å². The fraction of sp³-hybridized carbons (Fsp3) is 0.154. The molecule has 0 fully saturated rings. The summed E-state index contributed by atoms with van der Waals surface area (Å²) in [4.78, 5) is 25.4. The van der Waals surface area contributed by atoms with Crippen molar-refractivity contribution in [2.75, 3.05) is 13.2 Å². The minimum absolute atomic E-state index is 0.0750. The monoisotopic (exact) mass is 444 g/mol. The van der Waals surface area contributed by atoms with Gasteiger partial charge in [-0.25, -0.2) is 4.79 Å². The van der Waals surface area contributed by atoms with E-state index in [1.807, 2.05) is 6.07 Å². The van der Waals surface area contributed by atoms with E-state index in [1.54, 1.807) is 61.5 Å². The van der Waals surface area contributed by atoms with Crippen molar-refractivity contribution >= 4 is 16.9 Å². The van der Waals surface area contributed by atoms with Gasteiger partial charge in [-0.3, -0.25) is 4.79 Å². The Morgan fingerprint density at radius 2 is 1.64 bits per heavy atom. The van der Waals surface area contributed by atoms with Gasteiger partial charge in [-0.2, -0.15) is 0 Å². The maximum atomic E-state index is 13.1. The van der Waals surface area contributed by atoms with Gasteiger partial charge in [-0.05, 0) is 43.3 Å². The van der Waals surface area contributed by atoms with Crippen molar-refractivity contribution in [3.05, 3.63) is 88.3 Å². The van der Waals surface area contributed by atoms with Crippen LogP contribution in [0.4, 0.5) is 0 Å². The molecule has 0 amide bonds. The number of fused-ring (bicyclic) bond motifs is 2. The number of rotatable bonds is 4. The Bertz CT molecular complexity index is 1390. The van der Waals surface area contributed by atoms with Crippen LogP contribution in [0.5, 0.6) is 28.7 Å². The first-order valence-electron chi connectivity index (χ1n) is 10.5. The lowest BCUT2D eigenvalue weighted by Crippen LogP contribution is -2.10. The smallest absolute Gasteiger partial charge is 0.343 e. The number of benzene rings is 3. The first kappa shape index (κ1) is 20.6. The van der Waals surface area contributed by atoms with Gasteiger partial charge in [0.1, 0.15) is 22.8 Å². The van der Waals surface area contributed by atoms with E-state index in [1.165, 1.54) is 6.07 Å². The highest BCUT2D eigenvalue weighted by atomic mass is 16.5. The standard InChI is InChI=1S/C26H20O7/c1-16-25(32-18-9-11-21-23(15-18)30-13-5-12-29-21)24(27)20-10-8-19(14-22(20)31-16)33-26(28)17-6-3-2-4-7-17/h2-4,6-11,14-15H,5,12-13H2,1H3. The van der Waals surface area contributed by atoms with E-state index in [2.05, 4.69) is 0 Å². The van der Waals surface area contributed by atoms with Gasteiger partial charge >= 0.3 is 5.97 Å². The zero-order valence-corrected chi connectivity index (χ0v) is 17.8. The molecule has 1 aliphatic rings. The third kappa shape index (κ3) is 4.25.